The standard InChI is InChI=1S/C22H32F2O11S/c1-13(22(23,24)36(29,30)31)32-16(25)8-9-17(26)33-14-12-15(34-18(14)27)19(28)35-21(20(2,3)4)10-6-5-7-11-21/h13-15H,5-12H2,1-4H3,(H,29,30,31). The molecule has 0 aromatic heterocycles. The van der Waals surface area contributed by atoms with E-state index in [4.69, 9.17) is 18.8 Å². The van der Waals surface area contributed by atoms with Crippen LogP contribution in [0.5, 0.6) is 0 Å². The molecule has 14 heteroatoms. The highest BCUT2D eigenvalue weighted by Gasteiger charge is 2.52. The number of hydrogen-bond donors (Lipinski definition) is 1. The maximum atomic E-state index is 13.4. The minimum absolute atomic E-state index is 0.286. The highest BCUT2D eigenvalue weighted by atomic mass is 32.2. The topological polar surface area (TPSA) is 160 Å². The zero-order valence-electron chi connectivity index (χ0n) is 20.6. The van der Waals surface area contributed by atoms with Crippen molar-refractivity contribution in [3.63, 3.8) is 0 Å². The van der Waals surface area contributed by atoms with Gasteiger partial charge in [-0.1, -0.05) is 27.2 Å². The number of carbonyl (C=O) groups is 4. The average molecular weight is 543 g/mol. The van der Waals surface area contributed by atoms with Crippen LogP contribution < -0.4 is 0 Å². The smallest absolute Gasteiger partial charge is 0.405 e. The number of hydrogen-bond acceptors (Lipinski definition) is 10. The van der Waals surface area contributed by atoms with Gasteiger partial charge in [0.15, 0.2) is 6.10 Å². The maximum Gasteiger partial charge on any atom is 0.405 e. The molecule has 2 aliphatic rings. The summed E-state index contributed by atoms with van der Waals surface area (Å²) in [5.41, 5.74) is -1.07. The zero-order chi connectivity index (χ0) is 27.5. The van der Waals surface area contributed by atoms with Crippen molar-refractivity contribution in [1.82, 2.24) is 0 Å². The van der Waals surface area contributed by atoms with Gasteiger partial charge in [-0.15, -0.1) is 0 Å². The molecule has 1 saturated heterocycles. The Morgan fingerprint density at radius 2 is 1.67 bits per heavy atom. The van der Waals surface area contributed by atoms with Crippen molar-refractivity contribution in [2.45, 2.75) is 108 Å². The van der Waals surface area contributed by atoms with E-state index in [2.05, 4.69) is 4.74 Å². The van der Waals surface area contributed by atoms with Gasteiger partial charge < -0.3 is 18.9 Å². The molecule has 3 unspecified atom stereocenters. The number of halogens is 2. The van der Waals surface area contributed by atoms with Gasteiger partial charge in [0, 0.05) is 11.8 Å². The summed E-state index contributed by atoms with van der Waals surface area (Å²) >= 11 is 0. The number of cyclic esters (lactones) is 1. The summed E-state index contributed by atoms with van der Waals surface area (Å²) in [7, 11) is -5.83. The molecule has 0 aromatic carbocycles. The van der Waals surface area contributed by atoms with Gasteiger partial charge in [0.05, 0.1) is 12.8 Å². The van der Waals surface area contributed by atoms with Gasteiger partial charge in [-0.25, -0.2) is 9.59 Å². The number of ether oxygens (including phenoxy) is 4. The molecule has 0 amide bonds. The summed E-state index contributed by atoms with van der Waals surface area (Å²) in [4.78, 5) is 48.6. The lowest BCUT2D eigenvalue weighted by atomic mass is 9.68. The van der Waals surface area contributed by atoms with E-state index >= 15 is 0 Å². The summed E-state index contributed by atoms with van der Waals surface area (Å²) < 4.78 is 76.9. The zero-order valence-corrected chi connectivity index (χ0v) is 21.4. The number of alkyl halides is 2. The molecule has 1 N–H and O–H groups in total. The quantitative estimate of drug-likeness (QED) is 0.259. The van der Waals surface area contributed by atoms with Crippen LogP contribution in [0.4, 0.5) is 8.78 Å². The number of rotatable bonds is 9. The van der Waals surface area contributed by atoms with Gasteiger partial charge in [-0.05, 0) is 32.6 Å². The van der Waals surface area contributed by atoms with Crippen LogP contribution in [-0.2, 0) is 48.2 Å². The van der Waals surface area contributed by atoms with E-state index in [1.54, 1.807) is 0 Å². The molecule has 11 nitrogen and oxygen atoms in total. The van der Waals surface area contributed by atoms with Crippen molar-refractivity contribution in [1.29, 1.82) is 0 Å². The molecule has 0 radical (unpaired) electrons. The molecule has 1 aliphatic heterocycles. The van der Waals surface area contributed by atoms with Crippen molar-refractivity contribution in [2.24, 2.45) is 5.41 Å². The third kappa shape index (κ3) is 6.90. The predicted octanol–water partition coefficient (Wildman–Crippen LogP) is 2.70. The van der Waals surface area contributed by atoms with E-state index in [-0.39, 0.29) is 11.8 Å². The monoisotopic (exact) mass is 542 g/mol. The van der Waals surface area contributed by atoms with Crippen molar-refractivity contribution >= 4 is 34.0 Å². The van der Waals surface area contributed by atoms with Crippen molar-refractivity contribution in [3.05, 3.63) is 0 Å². The SMILES string of the molecule is CC(OC(=O)CCC(=O)OC1CC(C(=O)OC2(C(C)(C)C)CCCCC2)OC1=O)C(F)(F)S(=O)(=O)O. The lowest BCUT2D eigenvalue weighted by Gasteiger charge is -2.46. The molecule has 0 spiro atoms. The lowest BCUT2D eigenvalue weighted by Crippen LogP contribution is -2.49. The third-order valence-corrected chi connectivity index (χ3v) is 7.49. The van der Waals surface area contributed by atoms with Crippen LogP contribution in [0, 0.1) is 5.41 Å². The molecule has 2 rings (SSSR count). The summed E-state index contributed by atoms with van der Waals surface area (Å²) in [5.74, 6) is -4.15. The highest BCUT2D eigenvalue weighted by Crippen LogP contribution is 2.45. The Kier molecular flexibility index (Phi) is 9.09. The molecule has 0 bridgehead atoms. The van der Waals surface area contributed by atoms with E-state index in [0.717, 1.165) is 19.3 Å². The molecular weight excluding hydrogens is 510 g/mol. The van der Waals surface area contributed by atoms with E-state index in [0.29, 0.717) is 19.8 Å². The fraction of sp³-hybridized carbons (Fsp3) is 0.818. The lowest BCUT2D eigenvalue weighted by molar-refractivity contribution is -0.191. The van der Waals surface area contributed by atoms with E-state index in [9.17, 15) is 36.4 Å². The first-order valence-electron chi connectivity index (χ1n) is 11.6. The summed E-state index contributed by atoms with van der Waals surface area (Å²) in [6.07, 6.45) is -2.80. The van der Waals surface area contributed by atoms with E-state index < -0.39 is 76.0 Å². The van der Waals surface area contributed by atoms with Crippen LogP contribution in [0.3, 0.4) is 0 Å². The first-order valence-corrected chi connectivity index (χ1v) is 13.0. The van der Waals surface area contributed by atoms with Gasteiger partial charge in [-0.3, -0.25) is 14.1 Å². The molecule has 2 fully saturated rings. The van der Waals surface area contributed by atoms with Crippen molar-refractivity contribution in [2.75, 3.05) is 0 Å². The van der Waals surface area contributed by atoms with Gasteiger partial charge >= 0.3 is 39.2 Å². The first-order chi connectivity index (χ1) is 16.4. The predicted molar refractivity (Wildman–Crippen MR) is 117 cm³/mol. The second kappa shape index (κ2) is 11.0. The van der Waals surface area contributed by atoms with Gasteiger partial charge in [0.1, 0.15) is 5.60 Å². The van der Waals surface area contributed by atoms with E-state index in [1.807, 2.05) is 20.8 Å². The Labute approximate surface area is 207 Å². The average Bonchev–Trinajstić information content (AvgIpc) is 3.11. The van der Waals surface area contributed by atoms with Crippen LogP contribution in [0.2, 0.25) is 0 Å². The summed E-state index contributed by atoms with van der Waals surface area (Å²) in [6, 6.07) is 0. The normalized spacial score (nSPS) is 23.4. The first kappa shape index (κ1) is 29.9. The Bertz CT molecular complexity index is 965. The molecule has 1 saturated carbocycles. The minimum atomic E-state index is -5.83. The highest BCUT2D eigenvalue weighted by molar-refractivity contribution is 7.86. The Hall–Kier alpha value is -2.35. The summed E-state index contributed by atoms with van der Waals surface area (Å²) in [5, 5.41) is -4.75. The minimum Gasteiger partial charge on any atom is -0.456 e. The van der Waals surface area contributed by atoms with Crippen LogP contribution >= 0.6 is 0 Å². The van der Waals surface area contributed by atoms with Gasteiger partial charge in [0.25, 0.3) is 0 Å². The maximum absolute atomic E-state index is 13.4. The molecule has 36 heavy (non-hydrogen) atoms. The molecule has 0 aromatic rings. The van der Waals surface area contributed by atoms with Crippen LogP contribution in [0.25, 0.3) is 0 Å². The molecule has 1 aliphatic carbocycles. The van der Waals surface area contributed by atoms with Gasteiger partial charge in [0.2, 0.25) is 12.2 Å². The number of carbonyl (C=O) groups excluding carboxylic acids is 4. The van der Waals surface area contributed by atoms with Crippen LogP contribution in [0.15, 0.2) is 0 Å². The Morgan fingerprint density at radius 1 is 1.11 bits per heavy atom. The number of esters is 4. The molecule has 3 atom stereocenters. The molecule has 1 heterocycles. The van der Waals surface area contributed by atoms with Crippen molar-refractivity contribution < 1.29 is 59.9 Å². The molecule has 206 valence electrons. The third-order valence-electron chi connectivity index (χ3n) is 6.47. The van der Waals surface area contributed by atoms with Crippen molar-refractivity contribution in [3.8, 4) is 0 Å². The second-order valence-corrected chi connectivity index (χ2v) is 11.5. The van der Waals surface area contributed by atoms with Crippen LogP contribution in [-0.4, -0.2) is 66.0 Å². The van der Waals surface area contributed by atoms with Gasteiger partial charge in [-0.2, -0.15) is 17.2 Å². The van der Waals surface area contributed by atoms with Crippen LogP contribution in [0.1, 0.15) is 79.1 Å². The molecular formula is C22H32F2O11S. The largest absolute Gasteiger partial charge is 0.456 e. The fourth-order valence-corrected chi connectivity index (χ4v) is 4.61. The fourth-order valence-electron chi connectivity index (χ4n) is 4.14. The summed E-state index contributed by atoms with van der Waals surface area (Å²) in [6.45, 7) is 6.44. The second-order valence-electron chi connectivity index (χ2n) is 10.0. The Morgan fingerprint density at radius 3 is 2.19 bits per heavy atom. The van der Waals surface area contributed by atoms with E-state index in [1.165, 1.54) is 0 Å². The Balaban J connectivity index is 1.87.